The fraction of sp³-hybridized carbons (Fsp3) is 0.455. The zero-order valence-corrected chi connectivity index (χ0v) is 14.7. The van der Waals surface area contributed by atoms with Crippen LogP contribution in [0.5, 0.6) is 0 Å². The molecule has 2 aromatic rings. The second kappa shape index (κ2) is 6.70. The largest absolute Gasteiger partial charge is 0.315 e. The van der Waals surface area contributed by atoms with Gasteiger partial charge < -0.3 is 5.32 Å². The summed E-state index contributed by atoms with van der Waals surface area (Å²) in [6.07, 6.45) is 5.15. The molecule has 24 heavy (non-hydrogen) atoms. The molecule has 4 rings (SSSR count). The molecule has 0 radical (unpaired) electrons. The first-order valence-electron chi connectivity index (χ1n) is 9.28. The van der Waals surface area contributed by atoms with E-state index < -0.39 is 0 Å². The van der Waals surface area contributed by atoms with E-state index in [2.05, 4.69) is 71.9 Å². The molecule has 0 aromatic heterocycles. The van der Waals surface area contributed by atoms with E-state index in [-0.39, 0.29) is 5.54 Å². The molecule has 2 aromatic carbocycles. The zero-order chi connectivity index (χ0) is 16.4. The molecular formula is C22H28N2. The highest BCUT2D eigenvalue weighted by Crippen LogP contribution is 2.35. The summed E-state index contributed by atoms with van der Waals surface area (Å²) in [5.41, 5.74) is 4.67. The third-order valence-electron chi connectivity index (χ3n) is 5.81. The van der Waals surface area contributed by atoms with Gasteiger partial charge in [-0.15, -0.1) is 0 Å². The van der Waals surface area contributed by atoms with Crippen molar-refractivity contribution in [2.24, 2.45) is 5.92 Å². The molecule has 1 N–H and O–H groups in total. The van der Waals surface area contributed by atoms with Crippen molar-refractivity contribution in [3.05, 3.63) is 71.3 Å². The molecule has 0 amide bonds. The molecule has 1 saturated carbocycles. The van der Waals surface area contributed by atoms with Crippen LogP contribution in [-0.2, 0) is 19.4 Å². The highest BCUT2D eigenvalue weighted by Gasteiger charge is 2.40. The SMILES string of the molecule is CN(Cc1ccccc1)C1(CNCC2CC2)Cc2ccccc2C1. The van der Waals surface area contributed by atoms with E-state index >= 15 is 0 Å². The first-order chi connectivity index (χ1) is 11.8. The van der Waals surface area contributed by atoms with Crippen LogP contribution in [0.4, 0.5) is 0 Å². The fourth-order valence-corrected chi connectivity index (χ4v) is 4.06. The van der Waals surface area contributed by atoms with Gasteiger partial charge in [0, 0.05) is 18.6 Å². The third kappa shape index (κ3) is 3.40. The summed E-state index contributed by atoms with van der Waals surface area (Å²) in [6, 6.07) is 19.9. The average Bonchev–Trinajstić information content (AvgIpc) is 3.34. The summed E-state index contributed by atoms with van der Waals surface area (Å²) in [6.45, 7) is 3.29. The Morgan fingerprint density at radius 3 is 2.21 bits per heavy atom. The molecule has 1 fully saturated rings. The molecule has 0 aliphatic heterocycles. The molecule has 2 heteroatoms. The van der Waals surface area contributed by atoms with Crippen molar-refractivity contribution >= 4 is 0 Å². The van der Waals surface area contributed by atoms with Crippen LogP contribution in [0.3, 0.4) is 0 Å². The number of fused-ring (bicyclic) bond motifs is 1. The van der Waals surface area contributed by atoms with Gasteiger partial charge in [0.1, 0.15) is 0 Å². The number of likely N-dealkylation sites (N-methyl/N-ethyl adjacent to an activating group) is 1. The van der Waals surface area contributed by atoms with Crippen molar-refractivity contribution in [3.8, 4) is 0 Å². The smallest absolute Gasteiger partial charge is 0.0415 e. The average molecular weight is 320 g/mol. The number of rotatable bonds is 7. The molecule has 2 aliphatic carbocycles. The van der Waals surface area contributed by atoms with Crippen LogP contribution in [0.1, 0.15) is 29.5 Å². The lowest BCUT2D eigenvalue weighted by molar-refractivity contribution is 0.117. The summed E-state index contributed by atoms with van der Waals surface area (Å²) >= 11 is 0. The molecular weight excluding hydrogens is 292 g/mol. The summed E-state index contributed by atoms with van der Waals surface area (Å²) in [5, 5.41) is 3.79. The van der Waals surface area contributed by atoms with E-state index in [1.54, 1.807) is 0 Å². The second-order valence-corrected chi connectivity index (χ2v) is 7.76. The molecule has 0 atom stereocenters. The Balaban J connectivity index is 1.51. The lowest BCUT2D eigenvalue weighted by Crippen LogP contribution is -2.54. The van der Waals surface area contributed by atoms with Crippen molar-refractivity contribution in [2.45, 2.75) is 37.8 Å². The van der Waals surface area contributed by atoms with Crippen LogP contribution in [0, 0.1) is 5.92 Å². The maximum atomic E-state index is 3.79. The Hall–Kier alpha value is -1.64. The Labute approximate surface area is 145 Å². The Bertz CT molecular complexity index is 650. The summed E-state index contributed by atoms with van der Waals surface area (Å²) < 4.78 is 0. The van der Waals surface area contributed by atoms with Gasteiger partial charge in [0.05, 0.1) is 0 Å². The first kappa shape index (κ1) is 15.9. The third-order valence-corrected chi connectivity index (χ3v) is 5.81. The topological polar surface area (TPSA) is 15.3 Å². The molecule has 2 nitrogen and oxygen atoms in total. The molecule has 126 valence electrons. The number of nitrogens with one attached hydrogen (secondary N) is 1. The fourth-order valence-electron chi connectivity index (χ4n) is 4.06. The van der Waals surface area contributed by atoms with Gasteiger partial charge in [-0.3, -0.25) is 4.90 Å². The van der Waals surface area contributed by atoms with Gasteiger partial charge in [0.2, 0.25) is 0 Å². The summed E-state index contributed by atoms with van der Waals surface area (Å²) in [4.78, 5) is 2.59. The van der Waals surface area contributed by atoms with Crippen molar-refractivity contribution in [1.82, 2.24) is 10.2 Å². The van der Waals surface area contributed by atoms with E-state index in [0.29, 0.717) is 0 Å². The highest BCUT2D eigenvalue weighted by atomic mass is 15.2. The van der Waals surface area contributed by atoms with Crippen LogP contribution in [0.25, 0.3) is 0 Å². The monoisotopic (exact) mass is 320 g/mol. The second-order valence-electron chi connectivity index (χ2n) is 7.76. The molecule has 0 saturated heterocycles. The van der Waals surface area contributed by atoms with Gasteiger partial charge >= 0.3 is 0 Å². The molecule has 0 bridgehead atoms. The molecule has 0 unspecified atom stereocenters. The van der Waals surface area contributed by atoms with Crippen molar-refractivity contribution in [1.29, 1.82) is 0 Å². The van der Waals surface area contributed by atoms with Crippen molar-refractivity contribution in [2.75, 3.05) is 20.1 Å². The summed E-state index contributed by atoms with van der Waals surface area (Å²) in [7, 11) is 2.30. The Morgan fingerprint density at radius 1 is 0.958 bits per heavy atom. The van der Waals surface area contributed by atoms with E-state index in [1.807, 2.05) is 0 Å². The van der Waals surface area contributed by atoms with Crippen LogP contribution < -0.4 is 5.32 Å². The minimum atomic E-state index is 0.203. The van der Waals surface area contributed by atoms with Gasteiger partial charge in [-0.25, -0.2) is 0 Å². The van der Waals surface area contributed by atoms with Gasteiger partial charge in [-0.05, 0) is 61.9 Å². The van der Waals surface area contributed by atoms with E-state index in [1.165, 1.54) is 36.1 Å². The molecule has 0 spiro atoms. The Kier molecular flexibility index (Phi) is 4.43. The standard InChI is InChI=1S/C22H28N2/c1-24(16-19-7-3-2-4-8-19)22(17-23-15-18-11-12-18)13-20-9-5-6-10-21(20)14-22/h2-10,18,23H,11-17H2,1H3. The lowest BCUT2D eigenvalue weighted by atomic mass is 9.92. The maximum absolute atomic E-state index is 3.79. The zero-order valence-electron chi connectivity index (χ0n) is 14.7. The quantitative estimate of drug-likeness (QED) is 0.837. The summed E-state index contributed by atoms with van der Waals surface area (Å²) in [5.74, 6) is 0.935. The highest BCUT2D eigenvalue weighted by molar-refractivity contribution is 5.37. The Morgan fingerprint density at radius 2 is 1.58 bits per heavy atom. The van der Waals surface area contributed by atoms with Gasteiger partial charge in [0.25, 0.3) is 0 Å². The van der Waals surface area contributed by atoms with E-state index in [9.17, 15) is 0 Å². The number of nitrogens with zero attached hydrogens (tertiary/aromatic N) is 1. The molecule has 2 aliphatic rings. The van der Waals surface area contributed by atoms with E-state index in [4.69, 9.17) is 0 Å². The van der Waals surface area contributed by atoms with Crippen LogP contribution >= 0.6 is 0 Å². The van der Waals surface area contributed by atoms with Crippen LogP contribution in [0.15, 0.2) is 54.6 Å². The van der Waals surface area contributed by atoms with Crippen LogP contribution in [0.2, 0.25) is 0 Å². The van der Waals surface area contributed by atoms with Gasteiger partial charge in [-0.2, -0.15) is 0 Å². The van der Waals surface area contributed by atoms with Gasteiger partial charge in [0.15, 0.2) is 0 Å². The van der Waals surface area contributed by atoms with Crippen molar-refractivity contribution < 1.29 is 0 Å². The van der Waals surface area contributed by atoms with Gasteiger partial charge in [-0.1, -0.05) is 54.6 Å². The molecule has 0 heterocycles. The van der Waals surface area contributed by atoms with Crippen LogP contribution in [-0.4, -0.2) is 30.6 Å². The van der Waals surface area contributed by atoms with E-state index in [0.717, 1.165) is 31.8 Å². The predicted octanol–water partition coefficient (Wildman–Crippen LogP) is 3.66. The maximum Gasteiger partial charge on any atom is 0.0415 e. The number of hydrogen-bond acceptors (Lipinski definition) is 2. The minimum Gasteiger partial charge on any atom is -0.315 e. The number of benzene rings is 2. The predicted molar refractivity (Wildman–Crippen MR) is 100 cm³/mol. The minimum absolute atomic E-state index is 0.203. The van der Waals surface area contributed by atoms with Crippen molar-refractivity contribution in [3.63, 3.8) is 0 Å². The first-order valence-corrected chi connectivity index (χ1v) is 9.28. The normalized spacial score (nSPS) is 18.8. The number of hydrogen-bond donors (Lipinski definition) is 1. The lowest BCUT2D eigenvalue weighted by Gasteiger charge is -2.39.